The van der Waals surface area contributed by atoms with Gasteiger partial charge in [0.15, 0.2) is 0 Å². The number of aromatic nitrogens is 1. The Morgan fingerprint density at radius 2 is 1.41 bits per heavy atom. The number of hydrogen-bond donors (Lipinski definition) is 0. The Hall–Kier alpha value is -2.11. The number of nitrogens with zero attached hydrogens (tertiary/aromatic N) is 4. The minimum atomic E-state index is -0.0127. The van der Waals surface area contributed by atoms with E-state index in [9.17, 15) is 9.59 Å². The summed E-state index contributed by atoms with van der Waals surface area (Å²) >= 11 is 0. The SMILES string of the molecule is O=C([C@@H]1CCCN(C(=O)[C@@H]2CCCN(c3ccccn3)C2)C1)N1CCCCCC1. The van der Waals surface area contributed by atoms with Gasteiger partial charge in [-0.25, -0.2) is 4.98 Å². The van der Waals surface area contributed by atoms with Crippen molar-refractivity contribution < 1.29 is 9.59 Å². The molecule has 3 saturated heterocycles. The van der Waals surface area contributed by atoms with E-state index < -0.39 is 0 Å². The van der Waals surface area contributed by atoms with Gasteiger partial charge in [-0.2, -0.15) is 0 Å². The van der Waals surface area contributed by atoms with E-state index in [-0.39, 0.29) is 23.7 Å². The van der Waals surface area contributed by atoms with Gasteiger partial charge in [0.25, 0.3) is 0 Å². The lowest BCUT2D eigenvalue weighted by atomic mass is 9.92. The lowest BCUT2D eigenvalue weighted by Gasteiger charge is -2.39. The summed E-state index contributed by atoms with van der Waals surface area (Å²) in [6, 6.07) is 5.94. The highest BCUT2D eigenvalue weighted by Gasteiger charge is 2.35. The van der Waals surface area contributed by atoms with Crippen LogP contribution < -0.4 is 4.90 Å². The predicted molar refractivity (Wildman–Crippen MR) is 114 cm³/mol. The van der Waals surface area contributed by atoms with E-state index in [0.717, 1.165) is 77.1 Å². The highest BCUT2D eigenvalue weighted by atomic mass is 16.2. The molecule has 29 heavy (non-hydrogen) atoms. The molecule has 1 aromatic heterocycles. The van der Waals surface area contributed by atoms with Crippen LogP contribution in [0.5, 0.6) is 0 Å². The number of hydrogen-bond acceptors (Lipinski definition) is 4. The lowest BCUT2D eigenvalue weighted by Crippen LogP contribution is -2.51. The molecule has 0 saturated carbocycles. The van der Waals surface area contributed by atoms with Gasteiger partial charge in [0, 0.05) is 45.5 Å². The van der Waals surface area contributed by atoms with Crippen LogP contribution in [0.2, 0.25) is 0 Å². The fraction of sp³-hybridized carbons (Fsp3) is 0.696. The molecular formula is C23H34N4O2. The Balaban J connectivity index is 1.36. The molecule has 6 heteroatoms. The highest BCUT2D eigenvalue weighted by molar-refractivity contribution is 5.83. The van der Waals surface area contributed by atoms with Crippen LogP contribution in [-0.2, 0) is 9.59 Å². The minimum absolute atomic E-state index is 0.0118. The topological polar surface area (TPSA) is 56.8 Å². The van der Waals surface area contributed by atoms with Crippen molar-refractivity contribution in [1.82, 2.24) is 14.8 Å². The Kier molecular flexibility index (Phi) is 6.67. The second-order valence-corrected chi connectivity index (χ2v) is 8.84. The number of likely N-dealkylation sites (tertiary alicyclic amines) is 2. The number of anilines is 1. The zero-order chi connectivity index (χ0) is 20.1. The first kappa shape index (κ1) is 20.2. The van der Waals surface area contributed by atoms with Gasteiger partial charge in [0.2, 0.25) is 11.8 Å². The Morgan fingerprint density at radius 3 is 2.14 bits per heavy atom. The summed E-state index contributed by atoms with van der Waals surface area (Å²) in [5, 5.41) is 0. The van der Waals surface area contributed by atoms with Crippen LogP contribution in [0.15, 0.2) is 24.4 Å². The van der Waals surface area contributed by atoms with Crippen molar-refractivity contribution in [3.8, 4) is 0 Å². The van der Waals surface area contributed by atoms with Crippen molar-refractivity contribution in [3.05, 3.63) is 24.4 Å². The Labute approximate surface area is 174 Å². The number of piperidine rings is 2. The van der Waals surface area contributed by atoms with Crippen LogP contribution >= 0.6 is 0 Å². The fourth-order valence-corrected chi connectivity index (χ4v) is 5.11. The van der Waals surface area contributed by atoms with Crippen LogP contribution in [0.1, 0.15) is 51.4 Å². The van der Waals surface area contributed by atoms with E-state index in [1.165, 1.54) is 12.8 Å². The van der Waals surface area contributed by atoms with Crippen LogP contribution in [0, 0.1) is 11.8 Å². The smallest absolute Gasteiger partial charge is 0.227 e. The Bertz CT molecular complexity index is 687. The van der Waals surface area contributed by atoms with Gasteiger partial charge in [-0.15, -0.1) is 0 Å². The average molecular weight is 399 g/mol. The molecular weight excluding hydrogens is 364 g/mol. The standard InChI is InChI=1S/C23H34N4O2/c28-22(25-13-5-1-2-6-14-25)20-10-8-16-27(18-20)23(29)19-9-7-15-26(17-19)21-11-3-4-12-24-21/h3-4,11-12,19-20H,1-2,5-10,13-18H2/t19-,20-/m1/s1. The number of rotatable bonds is 3. The summed E-state index contributed by atoms with van der Waals surface area (Å²) in [6.45, 7) is 4.88. The van der Waals surface area contributed by atoms with E-state index in [0.29, 0.717) is 6.54 Å². The third-order valence-corrected chi connectivity index (χ3v) is 6.74. The van der Waals surface area contributed by atoms with Gasteiger partial charge in [0.05, 0.1) is 11.8 Å². The maximum Gasteiger partial charge on any atom is 0.227 e. The van der Waals surface area contributed by atoms with Gasteiger partial charge < -0.3 is 14.7 Å². The number of amides is 2. The summed E-state index contributed by atoms with van der Waals surface area (Å²) in [7, 11) is 0. The summed E-state index contributed by atoms with van der Waals surface area (Å²) < 4.78 is 0. The molecule has 3 fully saturated rings. The molecule has 2 atom stereocenters. The van der Waals surface area contributed by atoms with E-state index >= 15 is 0 Å². The maximum absolute atomic E-state index is 13.3. The van der Waals surface area contributed by atoms with Gasteiger partial charge in [-0.05, 0) is 50.7 Å². The Morgan fingerprint density at radius 1 is 0.759 bits per heavy atom. The van der Waals surface area contributed by atoms with Crippen LogP contribution in [-0.4, -0.2) is 65.9 Å². The molecule has 4 heterocycles. The normalized spacial score (nSPS) is 26.1. The van der Waals surface area contributed by atoms with Crippen molar-refractivity contribution in [1.29, 1.82) is 0 Å². The minimum Gasteiger partial charge on any atom is -0.356 e. The van der Waals surface area contributed by atoms with Crippen LogP contribution in [0.25, 0.3) is 0 Å². The maximum atomic E-state index is 13.3. The molecule has 1 aromatic rings. The van der Waals surface area contributed by atoms with Crippen LogP contribution in [0.3, 0.4) is 0 Å². The molecule has 0 unspecified atom stereocenters. The predicted octanol–water partition coefficient (Wildman–Crippen LogP) is 2.94. The first-order chi connectivity index (χ1) is 14.2. The first-order valence-corrected chi connectivity index (χ1v) is 11.5. The summed E-state index contributed by atoms with van der Waals surface area (Å²) in [5.41, 5.74) is 0. The molecule has 0 N–H and O–H groups in total. The molecule has 2 amide bonds. The van der Waals surface area contributed by atoms with Crippen molar-refractivity contribution in [2.45, 2.75) is 51.4 Å². The van der Waals surface area contributed by atoms with Crippen LogP contribution in [0.4, 0.5) is 5.82 Å². The molecule has 0 aromatic carbocycles. The molecule has 0 bridgehead atoms. The van der Waals surface area contributed by atoms with E-state index in [4.69, 9.17) is 0 Å². The molecule has 3 aliphatic rings. The summed E-state index contributed by atoms with van der Waals surface area (Å²) in [6.07, 6.45) is 10.3. The van der Waals surface area contributed by atoms with E-state index in [2.05, 4.69) is 14.8 Å². The first-order valence-electron chi connectivity index (χ1n) is 11.5. The second kappa shape index (κ2) is 9.59. The van der Waals surface area contributed by atoms with Crippen molar-refractivity contribution in [2.75, 3.05) is 44.2 Å². The number of carbonyl (C=O) groups excluding carboxylic acids is 2. The van der Waals surface area contributed by atoms with E-state index in [1.54, 1.807) is 0 Å². The average Bonchev–Trinajstić information content (AvgIpc) is 3.08. The highest BCUT2D eigenvalue weighted by Crippen LogP contribution is 2.26. The van der Waals surface area contributed by atoms with Crippen molar-refractivity contribution in [2.24, 2.45) is 11.8 Å². The third kappa shape index (κ3) is 4.90. The quantitative estimate of drug-likeness (QED) is 0.786. The summed E-state index contributed by atoms with van der Waals surface area (Å²) in [5.74, 6) is 1.47. The molecule has 0 radical (unpaired) electrons. The molecule has 6 nitrogen and oxygen atoms in total. The third-order valence-electron chi connectivity index (χ3n) is 6.74. The lowest BCUT2D eigenvalue weighted by molar-refractivity contribution is -0.143. The fourth-order valence-electron chi connectivity index (χ4n) is 5.11. The van der Waals surface area contributed by atoms with Gasteiger partial charge in [0.1, 0.15) is 5.82 Å². The zero-order valence-corrected chi connectivity index (χ0v) is 17.5. The largest absolute Gasteiger partial charge is 0.356 e. The van der Waals surface area contributed by atoms with Gasteiger partial charge in [-0.1, -0.05) is 18.9 Å². The van der Waals surface area contributed by atoms with E-state index in [1.807, 2.05) is 29.3 Å². The molecule has 0 spiro atoms. The monoisotopic (exact) mass is 398 g/mol. The summed E-state index contributed by atoms with van der Waals surface area (Å²) in [4.78, 5) is 37.1. The molecule has 3 aliphatic heterocycles. The van der Waals surface area contributed by atoms with Crippen molar-refractivity contribution >= 4 is 17.6 Å². The molecule has 4 rings (SSSR count). The van der Waals surface area contributed by atoms with Gasteiger partial charge >= 0.3 is 0 Å². The molecule has 158 valence electrons. The zero-order valence-electron chi connectivity index (χ0n) is 17.5. The van der Waals surface area contributed by atoms with Crippen molar-refractivity contribution in [3.63, 3.8) is 0 Å². The van der Waals surface area contributed by atoms with Gasteiger partial charge in [-0.3, -0.25) is 9.59 Å². The number of carbonyl (C=O) groups is 2. The second-order valence-electron chi connectivity index (χ2n) is 8.84. The number of pyridine rings is 1. The molecule has 0 aliphatic carbocycles.